The molecule has 3 nitrogen and oxygen atoms in total. The van der Waals surface area contributed by atoms with Crippen molar-refractivity contribution in [2.45, 2.75) is 0 Å². The van der Waals surface area contributed by atoms with E-state index < -0.39 is 0 Å². The number of furan rings is 1. The summed E-state index contributed by atoms with van der Waals surface area (Å²) >= 11 is 0. The highest BCUT2D eigenvalue weighted by Crippen LogP contribution is 2.45. The van der Waals surface area contributed by atoms with Crippen LogP contribution in [-0.2, 0) is 0 Å². The van der Waals surface area contributed by atoms with Gasteiger partial charge in [-0.1, -0.05) is 140 Å². The Morgan fingerprint density at radius 3 is 1.75 bits per heavy atom. The van der Waals surface area contributed by atoms with Gasteiger partial charge in [-0.05, 0) is 87.1 Å². The summed E-state index contributed by atoms with van der Waals surface area (Å²) in [6.07, 6.45) is 1.94. The van der Waals surface area contributed by atoms with Gasteiger partial charge >= 0.3 is 0 Å². The smallest absolute Gasteiger partial charge is 0.146 e. The first kappa shape index (κ1) is 29.9. The lowest BCUT2D eigenvalue weighted by atomic mass is 9.92. The molecule has 0 spiro atoms. The van der Waals surface area contributed by atoms with Gasteiger partial charge in [0.05, 0.1) is 11.2 Å². The molecule has 0 fully saturated rings. The van der Waals surface area contributed by atoms with Gasteiger partial charge in [0.2, 0.25) is 0 Å². The molecule has 244 valence electrons. The number of fused-ring (bicyclic) bond motifs is 6. The Morgan fingerprint density at radius 2 is 0.981 bits per heavy atom. The van der Waals surface area contributed by atoms with E-state index in [4.69, 9.17) is 9.40 Å². The fourth-order valence-corrected chi connectivity index (χ4v) is 7.67. The second-order valence-electron chi connectivity index (χ2n) is 13.1. The second-order valence-corrected chi connectivity index (χ2v) is 13.1. The molecule has 2 aromatic heterocycles. The van der Waals surface area contributed by atoms with Crippen LogP contribution in [0.5, 0.6) is 0 Å². The summed E-state index contributed by atoms with van der Waals surface area (Å²) in [5.74, 6) is 0. The van der Waals surface area contributed by atoms with Crippen molar-refractivity contribution in [2.24, 2.45) is 0 Å². The highest BCUT2D eigenvalue weighted by atomic mass is 16.3. The van der Waals surface area contributed by atoms with Gasteiger partial charge in [0.25, 0.3) is 0 Å². The average molecular weight is 665 g/mol. The Hall–Kier alpha value is -6.97. The summed E-state index contributed by atoms with van der Waals surface area (Å²) in [5, 5.41) is 5.52. The molecule has 10 rings (SSSR count). The fraction of sp³-hybridized carbons (Fsp3) is 0. The maximum atomic E-state index is 6.51. The van der Waals surface area contributed by atoms with E-state index in [1.54, 1.807) is 0 Å². The summed E-state index contributed by atoms with van der Waals surface area (Å²) in [7, 11) is 0. The molecule has 0 aliphatic carbocycles. The first-order valence-electron chi connectivity index (χ1n) is 17.6. The number of pyridine rings is 1. The van der Waals surface area contributed by atoms with E-state index in [-0.39, 0.29) is 0 Å². The number of hydrogen-bond donors (Lipinski definition) is 0. The lowest BCUT2D eigenvalue weighted by Gasteiger charge is -2.28. The number of nitrogens with zero attached hydrogens (tertiary/aromatic N) is 2. The zero-order chi connectivity index (χ0) is 34.4. The third kappa shape index (κ3) is 5.02. The molecule has 0 saturated carbocycles. The van der Waals surface area contributed by atoms with Crippen LogP contribution in [0.25, 0.3) is 77.0 Å². The Morgan fingerprint density at radius 1 is 0.385 bits per heavy atom. The van der Waals surface area contributed by atoms with Crippen molar-refractivity contribution in [3.8, 4) is 33.4 Å². The maximum absolute atomic E-state index is 6.51. The largest absolute Gasteiger partial charge is 0.455 e. The lowest BCUT2D eigenvalue weighted by Crippen LogP contribution is -2.11. The molecule has 0 atom stereocenters. The van der Waals surface area contributed by atoms with Crippen molar-refractivity contribution in [1.82, 2.24) is 4.98 Å². The number of anilines is 3. The molecular formula is C49H32N2O. The second kappa shape index (κ2) is 12.4. The van der Waals surface area contributed by atoms with Gasteiger partial charge in [-0.25, -0.2) is 0 Å². The molecule has 0 saturated heterocycles. The summed E-state index contributed by atoms with van der Waals surface area (Å²) in [4.78, 5) is 7.17. The molecule has 3 heteroatoms. The summed E-state index contributed by atoms with van der Waals surface area (Å²) in [6, 6.07) is 66.8. The SMILES string of the molecule is c1ccc(-c2ccccc2N(c2cccc(-c3ccc(-c4ccccc4)c4ccccc34)c2)c2ccc3oc4c5ccccc5ncc4c3c2)cc1. The third-order valence-corrected chi connectivity index (χ3v) is 10.1. The van der Waals surface area contributed by atoms with Crippen LogP contribution in [0.4, 0.5) is 17.1 Å². The quantitative estimate of drug-likeness (QED) is 0.177. The fourth-order valence-electron chi connectivity index (χ4n) is 7.67. The molecule has 8 aromatic carbocycles. The maximum Gasteiger partial charge on any atom is 0.146 e. The first-order chi connectivity index (χ1) is 25.8. The van der Waals surface area contributed by atoms with Gasteiger partial charge in [-0.2, -0.15) is 0 Å². The topological polar surface area (TPSA) is 29.3 Å². The zero-order valence-corrected chi connectivity index (χ0v) is 28.3. The van der Waals surface area contributed by atoms with Crippen LogP contribution in [0.2, 0.25) is 0 Å². The van der Waals surface area contributed by atoms with Gasteiger partial charge in [0.1, 0.15) is 11.2 Å². The van der Waals surface area contributed by atoms with E-state index in [1.165, 1.54) is 27.5 Å². The monoisotopic (exact) mass is 664 g/mol. The minimum atomic E-state index is 0.840. The molecule has 0 aliphatic heterocycles. The van der Waals surface area contributed by atoms with Gasteiger partial charge in [-0.3, -0.25) is 4.98 Å². The predicted octanol–water partition coefficient (Wildman–Crippen LogP) is 13.8. The number of benzene rings is 8. The number of aromatic nitrogens is 1. The molecule has 0 aliphatic rings. The highest BCUT2D eigenvalue weighted by molar-refractivity contribution is 6.14. The van der Waals surface area contributed by atoms with Crippen molar-refractivity contribution in [3.05, 3.63) is 194 Å². The third-order valence-electron chi connectivity index (χ3n) is 10.1. The van der Waals surface area contributed by atoms with Crippen LogP contribution < -0.4 is 4.90 Å². The first-order valence-corrected chi connectivity index (χ1v) is 17.6. The van der Waals surface area contributed by atoms with Gasteiger partial charge in [0.15, 0.2) is 0 Å². The standard InChI is InChI=1S/C49H32N2O/c1-3-14-33(15-4-1)38-27-28-39(42-22-8-7-21-41(38)42)35-18-13-19-36(30-35)51(47-25-12-10-20-40(47)34-16-5-2-6-17-34)37-26-29-48-44(31-37)45-32-50-46-24-11-9-23-43(46)49(45)52-48/h1-32H. The minimum Gasteiger partial charge on any atom is -0.455 e. The van der Waals surface area contributed by atoms with Gasteiger partial charge in [0, 0.05) is 39.3 Å². The van der Waals surface area contributed by atoms with Crippen LogP contribution in [0.1, 0.15) is 0 Å². The number of hydrogen-bond acceptors (Lipinski definition) is 3. The zero-order valence-electron chi connectivity index (χ0n) is 28.3. The molecule has 10 aromatic rings. The van der Waals surface area contributed by atoms with Crippen LogP contribution in [-0.4, -0.2) is 4.98 Å². The van der Waals surface area contributed by atoms with Crippen molar-refractivity contribution >= 4 is 60.7 Å². The molecule has 0 unspecified atom stereocenters. The minimum absolute atomic E-state index is 0.840. The molecule has 0 bridgehead atoms. The van der Waals surface area contributed by atoms with Crippen molar-refractivity contribution in [1.29, 1.82) is 0 Å². The number of para-hydroxylation sites is 2. The lowest BCUT2D eigenvalue weighted by molar-refractivity contribution is 0.672. The van der Waals surface area contributed by atoms with Gasteiger partial charge in [-0.15, -0.1) is 0 Å². The van der Waals surface area contributed by atoms with E-state index in [0.29, 0.717) is 0 Å². The normalized spacial score (nSPS) is 11.5. The van der Waals surface area contributed by atoms with Crippen LogP contribution in [0.3, 0.4) is 0 Å². The summed E-state index contributed by atoms with van der Waals surface area (Å²) in [6.45, 7) is 0. The summed E-state index contributed by atoms with van der Waals surface area (Å²) < 4.78 is 6.51. The van der Waals surface area contributed by atoms with Crippen LogP contribution in [0, 0.1) is 0 Å². The summed E-state index contributed by atoms with van der Waals surface area (Å²) in [5.41, 5.74) is 12.9. The Labute approximate surface area is 301 Å². The van der Waals surface area contributed by atoms with E-state index >= 15 is 0 Å². The van der Waals surface area contributed by atoms with Crippen LogP contribution in [0.15, 0.2) is 199 Å². The molecule has 0 amide bonds. The van der Waals surface area contributed by atoms with E-state index in [9.17, 15) is 0 Å². The molecule has 0 radical (unpaired) electrons. The van der Waals surface area contributed by atoms with E-state index in [0.717, 1.165) is 66.6 Å². The van der Waals surface area contributed by atoms with E-state index in [1.807, 2.05) is 24.4 Å². The average Bonchev–Trinajstić information content (AvgIpc) is 3.60. The Bertz CT molecular complexity index is 2910. The Kier molecular flexibility index (Phi) is 7.14. The molecule has 52 heavy (non-hydrogen) atoms. The van der Waals surface area contributed by atoms with E-state index in [2.05, 4.69) is 175 Å². The van der Waals surface area contributed by atoms with Crippen LogP contribution >= 0.6 is 0 Å². The van der Waals surface area contributed by atoms with Crippen molar-refractivity contribution in [3.63, 3.8) is 0 Å². The van der Waals surface area contributed by atoms with Crippen molar-refractivity contribution < 1.29 is 4.42 Å². The molecular weight excluding hydrogens is 633 g/mol. The van der Waals surface area contributed by atoms with Crippen molar-refractivity contribution in [2.75, 3.05) is 4.90 Å². The Balaban J connectivity index is 1.18. The predicted molar refractivity (Wildman–Crippen MR) is 218 cm³/mol. The number of rotatable bonds is 6. The molecule has 0 N–H and O–H groups in total. The highest BCUT2D eigenvalue weighted by Gasteiger charge is 2.20. The van der Waals surface area contributed by atoms with Gasteiger partial charge < -0.3 is 9.32 Å². The molecule has 2 heterocycles.